The van der Waals surface area contributed by atoms with Gasteiger partial charge in [0.1, 0.15) is 0 Å². The summed E-state index contributed by atoms with van der Waals surface area (Å²) in [5.74, 6) is 0. The quantitative estimate of drug-likeness (QED) is 0.420. The molecule has 0 saturated carbocycles. The minimum absolute atomic E-state index is 1.04. The molecule has 0 aliphatic carbocycles. The summed E-state index contributed by atoms with van der Waals surface area (Å²) >= 11 is 0. The van der Waals surface area contributed by atoms with Gasteiger partial charge in [-0.1, -0.05) is 81.5 Å². The van der Waals surface area contributed by atoms with Gasteiger partial charge in [0, 0.05) is 24.2 Å². The third kappa shape index (κ3) is 5.02. The fraction of sp³-hybridized carbons (Fsp3) is 0.733. The van der Waals surface area contributed by atoms with E-state index in [1.807, 2.05) is 0 Å². The first-order valence-electron chi connectivity index (χ1n) is 7.03. The second-order valence-corrected chi connectivity index (χ2v) is 26.0. The van der Waals surface area contributed by atoms with Crippen molar-refractivity contribution >= 4 is 24.2 Å². The van der Waals surface area contributed by atoms with Gasteiger partial charge in [0.05, 0.1) is 0 Å². The topological polar surface area (TPSA) is 0 Å². The Labute approximate surface area is 119 Å². The average molecular weight is 299 g/mol. The van der Waals surface area contributed by atoms with Crippen molar-refractivity contribution in [1.82, 2.24) is 0 Å². The molecule has 18 heavy (non-hydrogen) atoms. The molecule has 0 amide bonds. The fourth-order valence-electron chi connectivity index (χ4n) is 4.45. The molecular weight excluding hydrogens is 264 g/mol. The monoisotopic (exact) mass is 298 g/mol. The maximum Gasteiger partial charge on any atom is 0.0496 e. The first kappa shape index (κ1) is 18.1. The SMILES string of the molecule is C=C(C)C(=C)C[Si](C)(C)C([Si](C)(C)C)[Si](C)(C)C. The fourth-order valence-corrected chi connectivity index (χ4v) is 35.8. The third-order valence-electron chi connectivity index (χ3n) is 3.79. The molecule has 0 aromatic carbocycles. The summed E-state index contributed by atoms with van der Waals surface area (Å²) in [5, 5.41) is 0. The minimum atomic E-state index is -1.27. The van der Waals surface area contributed by atoms with Gasteiger partial charge >= 0.3 is 0 Å². The summed E-state index contributed by atoms with van der Waals surface area (Å²) in [6.07, 6.45) is 0. The molecule has 0 aromatic rings. The van der Waals surface area contributed by atoms with Gasteiger partial charge in [-0.2, -0.15) is 0 Å². The summed E-state index contributed by atoms with van der Waals surface area (Å²) in [4.78, 5) is 1.04. The van der Waals surface area contributed by atoms with Gasteiger partial charge in [0.2, 0.25) is 0 Å². The minimum Gasteiger partial charge on any atom is -0.0959 e. The van der Waals surface area contributed by atoms with Crippen LogP contribution in [0.5, 0.6) is 0 Å². The van der Waals surface area contributed by atoms with E-state index in [1.165, 1.54) is 17.2 Å². The van der Waals surface area contributed by atoms with E-state index in [0.29, 0.717) is 0 Å². The van der Waals surface area contributed by atoms with Gasteiger partial charge in [-0.05, 0) is 13.0 Å². The number of rotatable bonds is 6. The lowest BCUT2D eigenvalue weighted by atomic mass is 10.2. The lowest BCUT2D eigenvalue weighted by Gasteiger charge is -2.48. The Bertz CT molecular complexity index is 313. The number of allylic oxidation sites excluding steroid dienone is 2. The summed E-state index contributed by atoms with van der Waals surface area (Å²) < 4.78 is 0. The molecule has 0 N–H and O–H groups in total. The number of hydrogen-bond donors (Lipinski definition) is 0. The van der Waals surface area contributed by atoms with Crippen molar-refractivity contribution in [3.8, 4) is 0 Å². The Morgan fingerprint density at radius 2 is 1.17 bits per heavy atom. The first-order chi connectivity index (χ1) is 7.69. The van der Waals surface area contributed by atoms with Gasteiger partial charge in [-0.3, -0.25) is 0 Å². The van der Waals surface area contributed by atoms with E-state index >= 15 is 0 Å². The van der Waals surface area contributed by atoms with Crippen molar-refractivity contribution in [1.29, 1.82) is 0 Å². The highest BCUT2D eigenvalue weighted by Gasteiger charge is 2.47. The molecule has 0 saturated heterocycles. The molecule has 0 fully saturated rings. The van der Waals surface area contributed by atoms with E-state index < -0.39 is 24.2 Å². The molecule has 0 atom stereocenters. The highest BCUT2D eigenvalue weighted by Crippen LogP contribution is 2.43. The van der Waals surface area contributed by atoms with Crippen molar-refractivity contribution in [3.05, 3.63) is 24.3 Å². The van der Waals surface area contributed by atoms with Crippen LogP contribution in [0, 0.1) is 0 Å². The van der Waals surface area contributed by atoms with Gasteiger partial charge < -0.3 is 0 Å². The highest BCUT2D eigenvalue weighted by molar-refractivity contribution is 7.12. The maximum absolute atomic E-state index is 4.25. The Balaban J connectivity index is 5.36. The average Bonchev–Trinajstić information content (AvgIpc) is 1.94. The molecule has 0 radical (unpaired) electrons. The van der Waals surface area contributed by atoms with Crippen LogP contribution in [0.3, 0.4) is 0 Å². The van der Waals surface area contributed by atoms with Crippen LogP contribution in [0.25, 0.3) is 0 Å². The van der Waals surface area contributed by atoms with Gasteiger partial charge in [-0.15, -0.1) is 0 Å². The second-order valence-electron chi connectivity index (χ2n) is 8.71. The third-order valence-corrected chi connectivity index (χ3v) is 25.2. The second kappa shape index (κ2) is 5.63. The van der Waals surface area contributed by atoms with Gasteiger partial charge in [0.15, 0.2) is 0 Å². The molecule has 0 nitrogen and oxygen atoms in total. The normalized spacial score (nSPS) is 13.9. The summed E-state index contributed by atoms with van der Waals surface area (Å²) in [6, 6.07) is 1.24. The van der Waals surface area contributed by atoms with Crippen LogP contribution in [0.1, 0.15) is 6.92 Å². The largest absolute Gasteiger partial charge is 0.0959 e. The summed E-state index contributed by atoms with van der Waals surface area (Å²) in [7, 11) is -3.48. The van der Waals surface area contributed by atoms with E-state index in [0.717, 1.165) is 4.79 Å². The Morgan fingerprint density at radius 1 is 0.833 bits per heavy atom. The Morgan fingerprint density at radius 3 is 1.39 bits per heavy atom. The van der Waals surface area contributed by atoms with Crippen LogP contribution >= 0.6 is 0 Å². The predicted octanol–water partition coefficient (Wildman–Crippen LogP) is 5.95. The zero-order valence-corrected chi connectivity index (χ0v) is 17.2. The smallest absolute Gasteiger partial charge is 0.0496 e. The van der Waals surface area contributed by atoms with Crippen molar-refractivity contribution in [2.24, 2.45) is 0 Å². The Hall–Kier alpha value is 0.131. The predicted molar refractivity (Wildman–Crippen MR) is 96.7 cm³/mol. The van der Waals surface area contributed by atoms with Crippen molar-refractivity contribution in [3.63, 3.8) is 0 Å². The van der Waals surface area contributed by atoms with E-state index in [2.05, 4.69) is 72.5 Å². The summed E-state index contributed by atoms with van der Waals surface area (Å²) in [6.45, 7) is 31.0. The van der Waals surface area contributed by atoms with Crippen LogP contribution in [0.2, 0.25) is 63.2 Å². The molecule has 0 aliphatic heterocycles. The van der Waals surface area contributed by atoms with E-state index in [4.69, 9.17) is 0 Å². The molecule has 3 heteroatoms. The summed E-state index contributed by atoms with van der Waals surface area (Å²) in [5.41, 5.74) is 2.48. The Kier molecular flexibility index (Phi) is 5.67. The molecule has 0 heterocycles. The van der Waals surface area contributed by atoms with Crippen LogP contribution < -0.4 is 0 Å². The molecule has 106 valence electrons. The van der Waals surface area contributed by atoms with Crippen molar-refractivity contribution in [2.75, 3.05) is 0 Å². The maximum atomic E-state index is 4.25. The van der Waals surface area contributed by atoms with E-state index in [-0.39, 0.29) is 0 Å². The molecule has 0 rings (SSSR count). The van der Waals surface area contributed by atoms with Crippen LogP contribution in [-0.2, 0) is 0 Å². The molecule has 0 aromatic heterocycles. The molecule has 0 bridgehead atoms. The van der Waals surface area contributed by atoms with Crippen LogP contribution in [0.15, 0.2) is 24.3 Å². The van der Waals surface area contributed by atoms with Crippen molar-refractivity contribution in [2.45, 2.75) is 70.1 Å². The standard InChI is InChI=1S/C15H34Si3/c1-13(2)14(3)12-18(10,11)15(16(4,5)6)17(7,8)9/h15H,1,3,12H2,2,4-11H3. The first-order valence-corrected chi connectivity index (χ1v) is 17.5. The highest BCUT2D eigenvalue weighted by atomic mass is 28.5. The lowest BCUT2D eigenvalue weighted by Crippen LogP contribution is -2.56. The van der Waals surface area contributed by atoms with E-state index in [1.54, 1.807) is 0 Å². The van der Waals surface area contributed by atoms with Gasteiger partial charge in [-0.25, -0.2) is 0 Å². The molecule has 0 unspecified atom stereocenters. The molecular formula is C15H34Si3. The van der Waals surface area contributed by atoms with Gasteiger partial charge in [0.25, 0.3) is 0 Å². The zero-order valence-electron chi connectivity index (χ0n) is 14.2. The van der Waals surface area contributed by atoms with Crippen LogP contribution in [-0.4, -0.2) is 24.2 Å². The van der Waals surface area contributed by atoms with E-state index in [9.17, 15) is 0 Å². The van der Waals surface area contributed by atoms with Crippen LogP contribution in [0.4, 0.5) is 0 Å². The number of hydrogen-bond acceptors (Lipinski definition) is 0. The zero-order chi connectivity index (χ0) is 14.9. The van der Waals surface area contributed by atoms with Crippen molar-refractivity contribution < 1.29 is 0 Å². The molecule has 0 aliphatic rings. The lowest BCUT2D eigenvalue weighted by molar-refractivity contribution is 1.25. The molecule has 0 spiro atoms.